The van der Waals surface area contributed by atoms with E-state index in [1.165, 1.54) is 36.1 Å². The van der Waals surface area contributed by atoms with Gasteiger partial charge in [-0.15, -0.1) is 0 Å². The van der Waals surface area contributed by atoms with Gasteiger partial charge >= 0.3 is 0 Å². The summed E-state index contributed by atoms with van der Waals surface area (Å²) in [5.41, 5.74) is 5.36. The van der Waals surface area contributed by atoms with Crippen LogP contribution in [0, 0.1) is 0 Å². The Morgan fingerprint density at radius 1 is 1.00 bits per heavy atom. The van der Waals surface area contributed by atoms with Crippen LogP contribution in [-0.4, -0.2) is 40.0 Å². The Labute approximate surface area is 162 Å². The second-order valence-corrected chi connectivity index (χ2v) is 7.74. The van der Waals surface area contributed by atoms with Gasteiger partial charge in [0.25, 0.3) is 0 Å². The zero-order valence-electron chi connectivity index (χ0n) is 16.3. The molecule has 2 heterocycles. The molecule has 4 nitrogen and oxygen atoms in total. The zero-order valence-corrected chi connectivity index (χ0v) is 16.3. The first-order valence-electron chi connectivity index (χ1n) is 9.74. The van der Waals surface area contributed by atoms with E-state index in [0.717, 1.165) is 18.8 Å². The molecule has 0 aliphatic carbocycles. The molecule has 4 heteroatoms. The normalized spacial score (nSPS) is 17.7. The molecule has 27 heavy (non-hydrogen) atoms. The largest absolute Gasteiger partial charge is 0.306 e. The smallest absolute Gasteiger partial charge is 0.0991 e. The van der Waals surface area contributed by atoms with Gasteiger partial charge in [0.05, 0.1) is 6.33 Å². The third-order valence-corrected chi connectivity index (χ3v) is 5.35. The molecule has 0 saturated carbocycles. The van der Waals surface area contributed by atoms with Crippen molar-refractivity contribution in [1.29, 1.82) is 0 Å². The standard InChI is InChI=1S/C23H28N4/c1-25(2)16-19-5-9-21(10-6-19)23-4-3-14-26(23)17-20-7-11-22(12-8-20)27-15-13-24-18-27/h5-13,15,18,23H,3-4,14,16-17H2,1-2H3/t23-/m0/s1. The number of nitrogens with zero attached hydrogens (tertiary/aromatic N) is 4. The average molecular weight is 361 g/mol. The lowest BCUT2D eigenvalue weighted by molar-refractivity contribution is 0.248. The Hall–Kier alpha value is -2.43. The van der Waals surface area contributed by atoms with Crippen LogP contribution >= 0.6 is 0 Å². The summed E-state index contributed by atoms with van der Waals surface area (Å²) < 4.78 is 2.04. The average Bonchev–Trinajstić information content (AvgIpc) is 3.35. The van der Waals surface area contributed by atoms with Gasteiger partial charge in [-0.25, -0.2) is 4.98 Å². The SMILES string of the molecule is CN(C)Cc1ccc([C@@H]2CCCN2Cc2ccc(-n3ccnc3)cc2)cc1. The molecule has 4 rings (SSSR count). The molecule has 1 atom stereocenters. The van der Waals surface area contributed by atoms with Gasteiger partial charge in [0.1, 0.15) is 0 Å². The predicted octanol–water partition coefficient (Wildman–Crippen LogP) is 4.27. The third kappa shape index (κ3) is 4.29. The van der Waals surface area contributed by atoms with E-state index in [0.29, 0.717) is 6.04 Å². The minimum Gasteiger partial charge on any atom is -0.306 e. The summed E-state index contributed by atoms with van der Waals surface area (Å²) in [5.74, 6) is 0. The first-order chi connectivity index (χ1) is 13.2. The van der Waals surface area contributed by atoms with Gasteiger partial charge in [0.15, 0.2) is 0 Å². The summed E-state index contributed by atoms with van der Waals surface area (Å²) in [6.07, 6.45) is 8.15. The Morgan fingerprint density at radius 3 is 2.41 bits per heavy atom. The highest BCUT2D eigenvalue weighted by atomic mass is 15.2. The maximum absolute atomic E-state index is 4.12. The van der Waals surface area contributed by atoms with Crippen LogP contribution in [0.4, 0.5) is 0 Å². The lowest BCUT2D eigenvalue weighted by Gasteiger charge is -2.25. The molecule has 1 fully saturated rings. The Morgan fingerprint density at radius 2 is 1.74 bits per heavy atom. The van der Waals surface area contributed by atoms with Crippen molar-refractivity contribution >= 4 is 0 Å². The molecular weight excluding hydrogens is 332 g/mol. The molecule has 0 bridgehead atoms. The van der Waals surface area contributed by atoms with E-state index in [4.69, 9.17) is 0 Å². The van der Waals surface area contributed by atoms with Gasteiger partial charge in [-0.1, -0.05) is 36.4 Å². The van der Waals surface area contributed by atoms with Gasteiger partial charge < -0.3 is 9.47 Å². The van der Waals surface area contributed by atoms with Crippen molar-refractivity contribution in [1.82, 2.24) is 19.4 Å². The number of imidazole rings is 1. The van der Waals surface area contributed by atoms with E-state index in [2.05, 4.69) is 77.4 Å². The molecule has 0 amide bonds. The highest BCUT2D eigenvalue weighted by Gasteiger charge is 2.25. The van der Waals surface area contributed by atoms with Crippen LogP contribution in [0.2, 0.25) is 0 Å². The number of hydrogen-bond acceptors (Lipinski definition) is 3. The topological polar surface area (TPSA) is 24.3 Å². The van der Waals surface area contributed by atoms with Crippen molar-refractivity contribution in [3.05, 3.63) is 83.9 Å². The first-order valence-corrected chi connectivity index (χ1v) is 9.74. The Kier molecular flexibility index (Phi) is 5.37. The number of rotatable bonds is 6. The Bertz CT molecular complexity index is 835. The van der Waals surface area contributed by atoms with Crippen LogP contribution in [0.1, 0.15) is 35.6 Å². The fourth-order valence-corrected chi connectivity index (χ4v) is 4.02. The van der Waals surface area contributed by atoms with Crippen molar-refractivity contribution in [3.63, 3.8) is 0 Å². The third-order valence-electron chi connectivity index (χ3n) is 5.35. The lowest BCUT2D eigenvalue weighted by atomic mass is 10.0. The second-order valence-electron chi connectivity index (χ2n) is 7.74. The van der Waals surface area contributed by atoms with Crippen molar-refractivity contribution < 1.29 is 0 Å². The summed E-state index contributed by atoms with van der Waals surface area (Å²) >= 11 is 0. The van der Waals surface area contributed by atoms with Gasteiger partial charge in [0.2, 0.25) is 0 Å². The first kappa shape index (κ1) is 18.0. The van der Waals surface area contributed by atoms with Gasteiger partial charge in [-0.2, -0.15) is 0 Å². The molecule has 0 spiro atoms. The van der Waals surface area contributed by atoms with Crippen LogP contribution in [0.25, 0.3) is 5.69 Å². The zero-order chi connectivity index (χ0) is 18.6. The molecule has 140 valence electrons. The monoisotopic (exact) mass is 360 g/mol. The highest BCUT2D eigenvalue weighted by Crippen LogP contribution is 2.33. The van der Waals surface area contributed by atoms with E-state index in [1.807, 2.05) is 23.3 Å². The molecule has 1 saturated heterocycles. The van der Waals surface area contributed by atoms with E-state index in [9.17, 15) is 0 Å². The van der Waals surface area contributed by atoms with Crippen molar-refractivity contribution in [3.8, 4) is 5.69 Å². The lowest BCUT2D eigenvalue weighted by Crippen LogP contribution is -2.22. The summed E-state index contributed by atoms with van der Waals surface area (Å²) in [7, 11) is 4.23. The van der Waals surface area contributed by atoms with E-state index < -0.39 is 0 Å². The molecular formula is C23H28N4. The predicted molar refractivity (Wildman–Crippen MR) is 110 cm³/mol. The van der Waals surface area contributed by atoms with Gasteiger partial charge in [-0.3, -0.25) is 4.90 Å². The van der Waals surface area contributed by atoms with Crippen LogP contribution < -0.4 is 0 Å². The number of likely N-dealkylation sites (tertiary alicyclic amines) is 1. The van der Waals surface area contributed by atoms with E-state index in [1.54, 1.807) is 0 Å². The van der Waals surface area contributed by atoms with Crippen LogP contribution in [-0.2, 0) is 13.1 Å². The highest BCUT2D eigenvalue weighted by molar-refractivity contribution is 5.35. The van der Waals surface area contributed by atoms with Crippen molar-refractivity contribution in [2.45, 2.75) is 32.0 Å². The minimum atomic E-state index is 0.534. The minimum absolute atomic E-state index is 0.534. The van der Waals surface area contributed by atoms with E-state index >= 15 is 0 Å². The molecule has 1 aromatic heterocycles. The fourth-order valence-electron chi connectivity index (χ4n) is 4.02. The van der Waals surface area contributed by atoms with Crippen molar-refractivity contribution in [2.24, 2.45) is 0 Å². The van der Waals surface area contributed by atoms with Crippen LogP contribution in [0.3, 0.4) is 0 Å². The summed E-state index contributed by atoms with van der Waals surface area (Å²) in [6, 6.07) is 18.6. The fraction of sp³-hybridized carbons (Fsp3) is 0.348. The quantitative estimate of drug-likeness (QED) is 0.656. The maximum atomic E-state index is 4.12. The number of benzene rings is 2. The molecule has 0 unspecified atom stereocenters. The summed E-state index contributed by atoms with van der Waals surface area (Å²) in [5, 5.41) is 0. The summed E-state index contributed by atoms with van der Waals surface area (Å²) in [4.78, 5) is 8.95. The summed E-state index contributed by atoms with van der Waals surface area (Å²) in [6.45, 7) is 3.18. The number of aromatic nitrogens is 2. The molecule has 3 aromatic rings. The second kappa shape index (κ2) is 8.07. The molecule has 0 radical (unpaired) electrons. The van der Waals surface area contributed by atoms with Crippen LogP contribution in [0.5, 0.6) is 0 Å². The van der Waals surface area contributed by atoms with Gasteiger partial charge in [-0.05, 0) is 62.3 Å². The molecule has 2 aromatic carbocycles. The van der Waals surface area contributed by atoms with Gasteiger partial charge in [0, 0.05) is 37.2 Å². The van der Waals surface area contributed by atoms with Crippen LogP contribution in [0.15, 0.2) is 67.3 Å². The Balaban J connectivity index is 1.44. The number of hydrogen-bond donors (Lipinski definition) is 0. The molecule has 0 N–H and O–H groups in total. The van der Waals surface area contributed by atoms with E-state index in [-0.39, 0.29) is 0 Å². The molecule has 1 aliphatic heterocycles. The molecule has 1 aliphatic rings. The van der Waals surface area contributed by atoms with Crippen molar-refractivity contribution in [2.75, 3.05) is 20.6 Å². The maximum Gasteiger partial charge on any atom is 0.0991 e.